The van der Waals surface area contributed by atoms with Crippen LogP contribution in [0.4, 0.5) is 11.4 Å². The van der Waals surface area contributed by atoms with Crippen LogP contribution in [0.15, 0.2) is 42.5 Å². The number of non-ortho nitro benzene ring substituents is 1. The molecule has 2 N–H and O–H groups in total. The molecule has 112 valence electrons. The van der Waals surface area contributed by atoms with E-state index in [0.717, 1.165) is 5.56 Å². The van der Waals surface area contributed by atoms with Crippen molar-refractivity contribution in [2.24, 2.45) is 0 Å². The first-order valence-electron chi connectivity index (χ1n) is 6.28. The van der Waals surface area contributed by atoms with E-state index in [9.17, 15) is 19.7 Å². The largest absolute Gasteiger partial charge is 0.478 e. The van der Waals surface area contributed by atoms with Crippen LogP contribution < -0.4 is 5.32 Å². The summed E-state index contributed by atoms with van der Waals surface area (Å²) in [5, 5.41) is 22.2. The highest BCUT2D eigenvalue weighted by Gasteiger charge is 2.14. The Hall–Kier alpha value is -3.22. The lowest BCUT2D eigenvalue weighted by atomic mass is 10.1. The van der Waals surface area contributed by atoms with Gasteiger partial charge in [-0.3, -0.25) is 14.9 Å². The van der Waals surface area contributed by atoms with Crippen molar-refractivity contribution in [1.82, 2.24) is 0 Å². The van der Waals surface area contributed by atoms with Crippen LogP contribution in [0.1, 0.15) is 26.3 Å². The second-order valence-corrected chi connectivity index (χ2v) is 4.61. The lowest BCUT2D eigenvalue weighted by Gasteiger charge is -2.09. The Morgan fingerprint density at radius 1 is 1.14 bits per heavy atom. The van der Waals surface area contributed by atoms with Gasteiger partial charge in [0.2, 0.25) is 0 Å². The van der Waals surface area contributed by atoms with Gasteiger partial charge in [0.15, 0.2) is 0 Å². The van der Waals surface area contributed by atoms with Crippen molar-refractivity contribution in [2.45, 2.75) is 6.92 Å². The molecule has 0 spiro atoms. The van der Waals surface area contributed by atoms with Crippen LogP contribution in [0.5, 0.6) is 0 Å². The van der Waals surface area contributed by atoms with Crippen LogP contribution in [0.2, 0.25) is 0 Å². The molecule has 22 heavy (non-hydrogen) atoms. The Morgan fingerprint density at radius 3 is 2.32 bits per heavy atom. The molecular weight excluding hydrogens is 288 g/mol. The second-order valence-electron chi connectivity index (χ2n) is 4.61. The highest BCUT2D eigenvalue weighted by molar-refractivity contribution is 6.07. The number of hydrogen-bond donors (Lipinski definition) is 2. The molecule has 0 fully saturated rings. The average Bonchev–Trinajstić information content (AvgIpc) is 2.48. The van der Waals surface area contributed by atoms with Crippen LogP contribution in [0.3, 0.4) is 0 Å². The maximum Gasteiger partial charge on any atom is 0.337 e. The molecule has 0 aliphatic heterocycles. The maximum absolute atomic E-state index is 12.1. The highest BCUT2D eigenvalue weighted by atomic mass is 16.6. The van der Waals surface area contributed by atoms with Gasteiger partial charge in [0.25, 0.3) is 11.6 Å². The summed E-state index contributed by atoms with van der Waals surface area (Å²) in [5.41, 5.74) is 0.975. The summed E-state index contributed by atoms with van der Waals surface area (Å²) in [7, 11) is 0. The minimum absolute atomic E-state index is 0.0183. The van der Waals surface area contributed by atoms with Gasteiger partial charge in [0.05, 0.1) is 16.2 Å². The molecule has 0 aliphatic rings. The van der Waals surface area contributed by atoms with Gasteiger partial charge in [-0.25, -0.2) is 4.79 Å². The van der Waals surface area contributed by atoms with E-state index in [4.69, 9.17) is 5.11 Å². The van der Waals surface area contributed by atoms with Gasteiger partial charge in [-0.05, 0) is 31.2 Å². The molecule has 0 saturated carbocycles. The van der Waals surface area contributed by atoms with Crippen molar-refractivity contribution < 1.29 is 19.6 Å². The number of nitro groups is 1. The second kappa shape index (κ2) is 6.04. The number of aromatic carboxylic acids is 1. The van der Waals surface area contributed by atoms with Crippen molar-refractivity contribution in [1.29, 1.82) is 0 Å². The Labute approximate surface area is 125 Å². The third-order valence-electron chi connectivity index (χ3n) is 2.99. The predicted molar refractivity (Wildman–Crippen MR) is 79.2 cm³/mol. The molecule has 2 aromatic carbocycles. The van der Waals surface area contributed by atoms with Crippen molar-refractivity contribution in [3.8, 4) is 0 Å². The molecule has 2 rings (SSSR count). The summed E-state index contributed by atoms with van der Waals surface area (Å²) in [6, 6.07) is 9.67. The number of hydrogen-bond acceptors (Lipinski definition) is 4. The first-order valence-corrected chi connectivity index (χ1v) is 6.28. The van der Waals surface area contributed by atoms with Crippen molar-refractivity contribution in [3.63, 3.8) is 0 Å². The summed E-state index contributed by atoms with van der Waals surface area (Å²) in [5.74, 6) is -1.69. The van der Waals surface area contributed by atoms with E-state index in [1.807, 2.05) is 0 Å². The Bertz CT molecular complexity index is 753. The molecular formula is C15H12N2O5. The minimum atomic E-state index is -1.15. The van der Waals surface area contributed by atoms with Gasteiger partial charge >= 0.3 is 5.97 Å². The maximum atomic E-state index is 12.1. The van der Waals surface area contributed by atoms with Gasteiger partial charge in [-0.1, -0.05) is 11.6 Å². The fourth-order valence-corrected chi connectivity index (χ4v) is 1.87. The van der Waals surface area contributed by atoms with Crippen molar-refractivity contribution >= 4 is 23.3 Å². The molecule has 0 unspecified atom stereocenters. The van der Waals surface area contributed by atoms with Gasteiger partial charge in [0, 0.05) is 17.7 Å². The number of aryl methyl sites for hydroxylation is 1. The molecule has 0 bridgehead atoms. The molecule has 7 heteroatoms. The minimum Gasteiger partial charge on any atom is -0.478 e. The normalized spacial score (nSPS) is 10.0. The van der Waals surface area contributed by atoms with Gasteiger partial charge < -0.3 is 10.4 Å². The zero-order valence-corrected chi connectivity index (χ0v) is 11.6. The highest BCUT2D eigenvalue weighted by Crippen LogP contribution is 2.19. The summed E-state index contributed by atoms with van der Waals surface area (Å²) in [6.07, 6.45) is 0. The quantitative estimate of drug-likeness (QED) is 0.666. The third kappa shape index (κ3) is 3.26. The van der Waals surface area contributed by atoms with Gasteiger partial charge in [-0.2, -0.15) is 0 Å². The molecule has 0 aromatic heterocycles. The fraction of sp³-hybridized carbons (Fsp3) is 0.0667. The van der Waals surface area contributed by atoms with Crippen molar-refractivity contribution in [3.05, 3.63) is 69.3 Å². The topological polar surface area (TPSA) is 110 Å². The number of carbonyl (C=O) groups excluding carboxylic acids is 1. The molecule has 0 saturated heterocycles. The van der Waals surface area contributed by atoms with E-state index in [2.05, 4.69) is 5.32 Å². The summed E-state index contributed by atoms with van der Waals surface area (Å²) < 4.78 is 0. The lowest BCUT2D eigenvalue weighted by molar-refractivity contribution is -0.384. The number of carbonyl (C=O) groups is 2. The SMILES string of the molecule is Cc1ccc(NC(=O)c2ccc([N+](=O)[O-])cc2)c(C(=O)O)c1. The zero-order valence-electron chi connectivity index (χ0n) is 11.6. The van der Waals surface area contributed by atoms with E-state index in [-0.39, 0.29) is 22.5 Å². The van der Waals surface area contributed by atoms with Crippen LogP contribution in [-0.4, -0.2) is 21.9 Å². The molecule has 0 heterocycles. The van der Waals surface area contributed by atoms with Crippen LogP contribution in [-0.2, 0) is 0 Å². The number of anilines is 1. The van der Waals surface area contributed by atoms with Crippen molar-refractivity contribution in [2.75, 3.05) is 5.32 Å². The molecule has 0 aliphatic carbocycles. The summed E-state index contributed by atoms with van der Waals surface area (Å²) in [4.78, 5) is 33.3. The summed E-state index contributed by atoms with van der Waals surface area (Å²) >= 11 is 0. The molecule has 2 aromatic rings. The Balaban J connectivity index is 2.25. The van der Waals surface area contributed by atoms with Gasteiger partial charge in [-0.15, -0.1) is 0 Å². The zero-order chi connectivity index (χ0) is 16.3. The standard InChI is InChI=1S/C15H12N2O5/c1-9-2-7-13(12(8-9)15(19)20)16-14(18)10-3-5-11(6-4-10)17(21)22/h2-8H,1H3,(H,16,18)(H,19,20). The summed E-state index contributed by atoms with van der Waals surface area (Å²) in [6.45, 7) is 1.74. The Morgan fingerprint density at radius 2 is 1.77 bits per heavy atom. The third-order valence-corrected chi connectivity index (χ3v) is 2.99. The number of amides is 1. The number of nitrogens with one attached hydrogen (secondary N) is 1. The van der Waals surface area contributed by atoms with E-state index >= 15 is 0 Å². The lowest BCUT2D eigenvalue weighted by Crippen LogP contribution is -2.15. The predicted octanol–water partition coefficient (Wildman–Crippen LogP) is 2.85. The van der Waals surface area contributed by atoms with E-state index < -0.39 is 16.8 Å². The molecule has 0 radical (unpaired) electrons. The van der Waals surface area contributed by atoms with Crippen LogP contribution in [0.25, 0.3) is 0 Å². The van der Waals surface area contributed by atoms with E-state index in [0.29, 0.717) is 0 Å². The van der Waals surface area contributed by atoms with E-state index in [1.165, 1.54) is 36.4 Å². The monoisotopic (exact) mass is 300 g/mol. The van der Waals surface area contributed by atoms with Gasteiger partial charge in [0.1, 0.15) is 0 Å². The smallest absolute Gasteiger partial charge is 0.337 e. The fourth-order valence-electron chi connectivity index (χ4n) is 1.87. The molecule has 0 atom stereocenters. The molecule has 1 amide bonds. The Kier molecular flexibility index (Phi) is 4.17. The van der Waals surface area contributed by atoms with Crippen LogP contribution >= 0.6 is 0 Å². The van der Waals surface area contributed by atoms with Crippen LogP contribution in [0, 0.1) is 17.0 Å². The average molecular weight is 300 g/mol. The number of carboxylic acids is 1. The molecule has 7 nitrogen and oxygen atoms in total. The first-order chi connectivity index (χ1) is 10.4. The number of rotatable bonds is 4. The number of benzene rings is 2. The number of nitro benzene ring substituents is 1. The van der Waals surface area contributed by atoms with E-state index in [1.54, 1.807) is 13.0 Å². The number of carboxylic acid groups (broad SMARTS) is 1. The number of nitrogens with zero attached hydrogens (tertiary/aromatic N) is 1. The first kappa shape index (κ1) is 15.2.